The molecule has 2 aromatic rings. The molecule has 1 heterocycles. The summed E-state index contributed by atoms with van der Waals surface area (Å²) in [4.78, 5) is 4.06. The van der Waals surface area contributed by atoms with Crippen LogP contribution in [0, 0.1) is 11.6 Å². The van der Waals surface area contributed by atoms with E-state index in [0.717, 1.165) is 18.1 Å². The summed E-state index contributed by atoms with van der Waals surface area (Å²) >= 11 is 0. The second-order valence-corrected chi connectivity index (χ2v) is 4.53. The maximum Gasteiger partial charge on any atom is 0.126 e. The van der Waals surface area contributed by atoms with Crippen molar-refractivity contribution in [3.8, 4) is 0 Å². The summed E-state index contributed by atoms with van der Waals surface area (Å²) in [6, 6.07) is 7.62. The van der Waals surface area contributed by atoms with Crippen molar-refractivity contribution in [2.45, 2.75) is 18.9 Å². The van der Waals surface area contributed by atoms with Crippen LogP contribution in [-0.4, -0.2) is 18.1 Å². The fourth-order valence-corrected chi connectivity index (χ4v) is 2.09. The number of hydrogen-bond acceptors (Lipinski definition) is 2. The van der Waals surface area contributed by atoms with Gasteiger partial charge in [0.25, 0.3) is 0 Å². The van der Waals surface area contributed by atoms with E-state index in [1.165, 1.54) is 12.1 Å². The molecule has 0 aliphatic carbocycles. The highest BCUT2D eigenvalue weighted by atomic mass is 19.1. The summed E-state index contributed by atoms with van der Waals surface area (Å²) in [5, 5.41) is 3.17. The Labute approximate surface area is 111 Å². The zero-order valence-corrected chi connectivity index (χ0v) is 10.7. The Balaban J connectivity index is 2.06. The fourth-order valence-electron chi connectivity index (χ4n) is 2.09. The Morgan fingerprint density at radius 2 is 1.79 bits per heavy atom. The van der Waals surface area contributed by atoms with Gasteiger partial charge in [0.15, 0.2) is 0 Å². The predicted octanol–water partition coefficient (Wildman–Crippen LogP) is 2.73. The number of nitrogens with one attached hydrogen (secondary N) is 1. The first kappa shape index (κ1) is 13.6. The quantitative estimate of drug-likeness (QED) is 0.896. The molecule has 0 fully saturated rings. The van der Waals surface area contributed by atoms with Gasteiger partial charge in [-0.1, -0.05) is 6.07 Å². The van der Waals surface area contributed by atoms with Gasteiger partial charge >= 0.3 is 0 Å². The van der Waals surface area contributed by atoms with Crippen molar-refractivity contribution < 1.29 is 8.78 Å². The fraction of sp³-hybridized carbons (Fsp3) is 0.267. The number of rotatable bonds is 5. The van der Waals surface area contributed by atoms with Gasteiger partial charge in [-0.15, -0.1) is 0 Å². The zero-order valence-electron chi connectivity index (χ0n) is 10.7. The standard InChI is InChI=1S/C15H16F2N2/c1-18-15(7-11-3-2-4-19-10-11)8-12-5-13(16)9-14(17)6-12/h2-6,9-10,15,18H,7-8H2,1H3. The summed E-state index contributed by atoms with van der Waals surface area (Å²) in [7, 11) is 1.84. The lowest BCUT2D eigenvalue weighted by Crippen LogP contribution is -2.30. The first-order valence-electron chi connectivity index (χ1n) is 6.18. The minimum absolute atomic E-state index is 0.116. The normalized spacial score (nSPS) is 12.4. The number of aromatic nitrogens is 1. The van der Waals surface area contributed by atoms with E-state index in [-0.39, 0.29) is 6.04 Å². The highest BCUT2D eigenvalue weighted by Gasteiger charge is 2.10. The lowest BCUT2D eigenvalue weighted by molar-refractivity contribution is 0.543. The van der Waals surface area contributed by atoms with Crippen molar-refractivity contribution in [2.24, 2.45) is 0 Å². The van der Waals surface area contributed by atoms with Crippen molar-refractivity contribution >= 4 is 0 Å². The molecule has 0 aliphatic rings. The number of likely N-dealkylation sites (N-methyl/N-ethyl adjacent to an activating group) is 1. The molecule has 1 aromatic heterocycles. The van der Waals surface area contributed by atoms with E-state index >= 15 is 0 Å². The van der Waals surface area contributed by atoms with Crippen LogP contribution in [0.5, 0.6) is 0 Å². The lowest BCUT2D eigenvalue weighted by atomic mass is 10.00. The van der Waals surface area contributed by atoms with E-state index in [1.54, 1.807) is 12.4 Å². The lowest BCUT2D eigenvalue weighted by Gasteiger charge is -2.16. The molecule has 1 N–H and O–H groups in total. The molecule has 2 nitrogen and oxygen atoms in total. The third-order valence-electron chi connectivity index (χ3n) is 3.02. The molecule has 4 heteroatoms. The van der Waals surface area contributed by atoms with E-state index in [4.69, 9.17) is 0 Å². The highest BCUT2D eigenvalue weighted by Crippen LogP contribution is 2.12. The number of benzene rings is 1. The number of hydrogen-bond donors (Lipinski definition) is 1. The second kappa shape index (κ2) is 6.38. The van der Waals surface area contributed by atoms with Gasteiger partial charge < -0.3 is 5.32 Å². The van der Waals surface area contributed by atoms with Crippen molar-refractivity contribution in [1.82, 2.24) is 10.3 Å². The van der Waals surface area contributed by atoms with Crippen molar-refractivity contribution in [1.29, 1.82) is 0 Å². The molecule has 100 valence electrons. The summed E-state index contributed by atoms with van der Waals surface area (Å²) in [5.41, 5.74) is 1.75. The topological polar surface area (TPSA) is 24.9 Å². The Morgan fingerprint density at radius 1 is 1.11 bits per heavy atom. The molecule has 19 heavy (non-hydrogen) atoms. The SMILES string of the molecule is CNC(Cc1cccnc1)Cc1cc(F)cc(F)c1. The Morgan fingerprint density at radius 3 is 2.37 bits per heavy atom. The third kappa shape index (κ3) is 4.10. The van der Waals surface area contributed by atoms with Gasteiger partial charge in [0.1, 0.15) is 11.6 Å². The van der Waals surface area contributed by atoms with Crippen LogP contribution in [0.1, 0.15) is 11.1 Å². The van der Waals surface area contributed by atoms with Crippen LogP contribution in [-0.2, 0) is 12.8 Å². The minimum Gasteiger partial charge on any atom is -0.316 e. The van der Waals surface area contributed by atoms with Gasteiger partial charge in [-0.3, -0.25) is 4.98 Å². The maximum absolute atomic E-state index is 13.1. The molecule has 2 rings (SSSR count). The highest BCUT2D eigenvalue weighted by molar-refractivity contribution is 5.20. The molecule has 0 amide bonds. The zero-order chi connectivity index (χ0) is 13.7. The van der Waals surface area contributed by atoms with Gasteiger partial charge in [0.2, 0.25) is 0 Å². The Kier molecular flexibility index (Phi) is 4.58. The van der Waals surface area contributed by atoms with Crippen molar-refractivity contribution in [3.05, 3.63) is 65.5 Å². The molecule has 1 aromatic carbocycles. The number of pyridine rings is 1. The smallest absolute Gasteiger partial charge is 0.126 e. The molecule has 0 spiro atoms. The van der Waals surface area contributed by atoms with E-state index in [0.29, 0.717) is 12.0 Å². The molecule has 0 saturated heterocycles. The molecule has 0 bridgehead atoms. The maximum atomic E-state index is 13.1. The Bertz CT molecular complexity index is 509. The van der Waals surface area contributed by atoms with Crippen molar-refractivity contribution in [3.63, 3.8) is 0 Å². The molecular weight excluding hydrogens is 246 g/mol. The van der Waals surface area contributed by atoms with Gasteiger partial charge in [-0.25, -0.2) is 8.78 Å². The van der Waals surface area contributed by atoms with Gasteiger partial charge in [-0.2, -0.15) is 0 Å². The van der Waals surface area contributed by atoms with Gasteiger partial charge in [0.05, 0.1) is 0 Å². The average molecular weight is 262 g/mol. The number of nitrogens with zero attached hydrogens (tertiary/aromatic N) is 1. The van der Waals surface area contributed by atoms with E-state index in [1.807, 2.05) is 19.2 Å². The molecule has 1 atom stereocenters. The molecule has 0 aliphatic heterocycles. The summed E-state index contributed by atoms with van der Waals surface area (Å²) in [6.45, 7) is 0. The molecule has 1 unspecified atom stereocenters. The van der Waals surface area contributed by atoms with Gasteiger partial charge in [-0.05, 0) is 49.2 Å². The first-order valence-corrected chi connectivity index (χ1v) is 6.18. The summed E-state index contributed by atoms with van der Waals surface area (Å²) in [5.74, 6) is -1.07. The minimum atomic E-state index is -0.536. The molecule has 0 radical (unpaired) electrons. The molecular formula is C15H16F2N2. The van der Waals surface area contributed by atoms with E-state index in [9.17, 15) is 8.78 Å². The third-order valence-corrected chi connectivity index (χ3v) is 3.02. The van der Waals surface area contributed by atoms with Crippen LogP contribution >= 0.6 is 0 Å². The van der Waals surface area contributed by atoms with Crippen LogP contribution < -0.4 is 5.32 Å². The monoisotopic (exact) mass is 262 g/mol. The summed E-state index contributed by atoms with van der Waals surface area (Å²) in [6.07, 6.45) is 4.86. The van der Waals surface area contributed by atoms with Crippen LogP contribution in [0.25, 0.3) is 0 Å². The van der Waals surface area contributed by atoms with E-state index < -0.39 is 11.6 Å². The molecule has 0 saturated carbocycles. The van der Waals surface area contributed by atoms with Crippen LogP contribution in [0.3, 0.4) is 0 Å². The van der Waals surface area contributed by atoms with Crippen molar-refractivity contribution in [2.75, 3.05) is 7.05 Å². The average Bonchev–Trinajstić information content (AvgIpc) is 2.38. The van der Waals surface area contributed by atoms with Crippen LogP contribution in [0.15, 0.2) is 42.7 Å². The van der Waals surface area contributed by atoms with Crippen LogP contribution in [0.2, 0.25) is 0 Å². The summed E-state index contributed by atoms with van der Waals surface area (Å²) < 4.78 is 26.3. The number of halogens is 2. The Hall–Kier alpha value is -1.81. The largest absolute Gasteiger partial charge is 0.316 e. The second-order valence-electron chi connectivity index (χ2n) is 4.53. The predicted molar refractivity (Wildman–Crippen MR) is 70.9 cm³/mol. The van der Waals surface area contributed by atoms with E-state index in [2.05, 4.69) is 10.3 Å². The first-order chi connectivity index (χ1) is 9.17. The van der Waals surface area contributed by atoms with Crippen LogP contribution in [0.4, 0.5) is 8.78 Å². The van der Waals surface area contributed by atoms with Gasteiger partial charge in [0, 0.05) is 24.5 Å².